The SMILES string of the molecule is CCCCCCCCCCCC(=O)OC[C@H](COP(=O)(O)OC[C@H](O)COP(=O)(O)OC[C@@H](COC(=O)CCCCCCCCCCCCCCCCCCCCC(C)C)OC(=O)CCCCCCCCCCCCCCCCCCCCC(C)C)OC(=O)CCCCCCCCC(C)CC. The van der Waals surface area contributed by atoms with Gasteiger partial charge in [-0.3, -0.25) is 37.3 Å². The lowest BCUT2D eigenvalue weighted by molar-refractivity contribution is -0.161. The zero-order chi connectivity index (χ0) is 74.4. The first kappa shape index (κ1) is 99.1. The maximum Gasteiger partial charge on any atom is 0.472 e. The molecule has 3 N–H and O–H groups in total. The van der Waals surface area contributed by atoms with Crippen molar-refractivity contribution in [1.29, 1.82) is 0 Å². The summed E-state index contributed by atoms with van der Waals surface area (Å²) in [7, 11) is -9.92. The molecule has 0 aromatic carbocycles. The van der Waals surface area contributed by atoms with Crippen molar-refractivity contribution in [2.45, 2.75) is 446 Å². The average molecular weight is 1480 g/mol. The van der Waals surface area contributed by atoms with Gasteiger partial charge in [0, 0.05) is 25.7 Å². The Labute approximate surface area is 619 Å². The standard InChI is InChI=1S/C82H160O17P2/c1-8-10-11-12-13-34-41-49-56-63-79(84)92-70-78(99-82(87)66-59-52-45-44-48-55-62-75(7)9-2)72-97-101(90,91)95-68-76(83)67-94-100(88,89)96-71-77(98-81(86)65-58-51-43-38-33-29-25-21-17-15-19-23-27-31-36-40-47-54-61-74(5)6)69-93-80(85)64-57-50-42-37-32-28-24-20-16-14-18-22-26-30-35-39-46-53-60-73(3)4/h73-78,83H,8-72H2,1-7H3,(H,88,89)(H,90,91)/t75?,76-,77-,78-/m1/s1. The molecule has 0 fully saturated rings. The number of esters is 4. The number of aliphatic hydroxyl groups is 1. The predicted molar refractivity (Wildman–Crippen MR) is 414 cm³/mol. The van der Waals surface area contributed by atoms with Crippen molar-refractivity contribution < 1.29 is 80.2 Å². The highest BCUT2D eigenvalue weighted by atomic mass is 31.2. The molecule has 3 unspecified atom stereocenters. The molecule has 0 aliphatic rings. The van der Waals surface area contributed by atoms with Gasteiger partial charge in [0.05, 0.1) is 26.4 Å². The van der Waals surface area contributed by atoms with Gasteiger partial charge < -0.3 is 33.8 Å². The largest absolute Gasteiger partial charge is 0.472 e. The Morgan fingerprint density at radius 3 is 0.752 bits per heavy atom. The smallest absolute Gasteiger partial charge is 0.462 e. The first-order valence-corrected chi connectivity index (χ1v) is 45.4. The van der Waals surface area contributed by atoms with E-state index < -0.39 is 97.5 Å². The van der Waals surface area contributed by atoms with Crippen LogP contribution in [0.1, 0.15) is 427 Å². The highest BCUT2D eigenvalue weighted by molar-refractivity contribution is 7.47. The molecule has 0 saturated heterocycles. The number of hydrogen-bond donors (Lipinski definition) is 3. The highest BCUT2D eigenvalue weighted by Gasteiger charge is 2.30. The van der Waals surface area contributed by atoms with Gasteiger partial charge in [0.1, 0.15) is 19.3 Å². The van der Waals surface area contributed by atoms with Crippen molar-refractivity contribution in [2.24, 2.45) is 17.8 Å². The van der Waals surface area contributed by atoms with Gasteiger partial charge in [0.15, 0.2) is 12.2 Å². The van der Waals surface area contributed by atoms with Crippen LogP contribution in [0.3, 0.4) is 0 Å². The number of carbonyl (C=O) groups excluding carboxylic acids is 4. The van der Waals surface area contributed by atoms with Crippen LogP contribution in [-0.2, 0) is 65.4 Å². The molecule has 0 spiro atoms. The average Bonchev–Trinajstić information content (AvgIpc) is 1.19. The van der Waals surface area contributed by atoms with Gasteiger partial charge in [-0.05, 0) is 43.4 Å². The zero-order valence-corrected chi connectivity index (χ0v) is 68.2. The second-order valence-corrected chi connectivity index (χ2v) is 33.6. The molecule has 0 aromatic rings. The molecule has 0 amide bonds. The summed E-state index contributed by atoms with van der Waals surface area (Å²) in [6, 6.07) is 0. The summed E-state index contributed by atoms with van der Waals surface area (Å²) in [5.74, 6) is 0.248. The Morgan fingerprint density at radius 2 is 0.505 bits per heavy atom. The van der Waals surface area contributed by atoms with E-state index in [9.17, 15) is 43.2 Å². The van der Waals surface area contributed by atoms with Crippen molar-refractivity contribution in [1.82, 2.24) is 0 Å². The minimum Gasteiger partial charge on any atom is -0.462 e. The molecule has 0 radical (unpaired) electrons. The minimum atomic E-state index is -4.96. The summed E-state index contributed by atoms with van der Waals surface area (Å²) in [5.41, 5.74) is 0. The molecule has 0 aliphatic heterocycles. The number of carbonyl (C=O) groups is 4. The van der Waals surface area contributed by atoms with E-state index in [-0.39, 0.29) is 25.7 Å². The molecule has 19 heteroatoms. The van der Waals surface area contributed by atoms with Crippen LogP contribution < -0.4 is 0 Å². The van der Waals surface area contributed by atoms with Gasteiger partial charge in [-0.15, -0.1) is 0 Å². The van der Waals surface area contributed by atoms with Crippen LogP contribution >= 0.6 is 15.6 Å². The number of hydrogen-bond acceptors (Lipinski definition) is 15. The summed E-state index contributed by atoms with van der Waals surface area (Å²) in [5, 5.41) is 10.6. The van der Waals surface area contributed by atoms with Gasteiger partial charge in [0.25, 0.3) is 0 Å². The molecule has 17 nitrogen and oxygen atoms in total. The van der Waals surface area contributed by atoms with E-state index in [1.165, 1.54) is 238 Å². The number of ether oxygens (including phenoxy) is 4. The van der Waals surface area contributed by atoms with Crippen molar-refractivity contribution >= 4 is 39.5 Å². The molecule has 0 bridgehead atoms. The molecular weight excluding hydrogens is 1320 g/mol. The maximum atomic E-state index is 13.1. The van der Waals surface area contributed by atoms with Crippen molar-refractivity contribution in [3.63, 3.8) is 0 Å². The number of unbranched alkanes of at least 4 members (excludes halogenated alkanes) is 47. The molecule has 0 aliphatic carbocycles. The third kappa shape index (κ3) is 74.7. The Kier molecular flexibility index (Phi) is 70.9. The van der Waals surface area contributed by atoms with Crippen molar-refractivity contribution in [3.05, 3.63) is 0 Å². The molecule has 0 heterocycles. The van der Waals surface area contributed by atoms with Crippen LogP contribution in [0.25, 0.3) is 0 Å². The molecular formula is C82H160O17P2. The fourth-order valence-electron chi connectivity index (χ4n) is 12.6. The molecule has 101 heavy (non-hydrogen) atoms. The zero-order valence-electron chi connectivity index (χ0n) is 66.4. The fourth-order valence-corrected chi connectivity index (χ4v) is 14.2. The summed E-state index contributed by atoms with van der Waals surface area (Å²) >= 11 is 0. The number of rotatable bonds is 80. The third-order valence-electron chi connectivity index (χ3n) is 19.5. The lowest BCUT2D eigenvalue weighted by atomic mass is 10.00. The summed E-state index contributed by atoms with van der Waals surface area (Å²) in [6.45, 7) is 11.9. The normalized spacial score (nSPS) is 14.2. The first-order chi connectivity index (χ1) is 48.8. The van der Waals surface area contributed by atoms with Crippen LogP contribution in [0.4, 0.5) is 0 Å². The van der Waals surface area contributed by atoms with Gasteiger partial charge >= 0.3 is 39.5 Å². The fraction of sp³-hybridized carbons (Fsp3) is 0.951. The Morgan fingerprint density at radius 1 is 0.287 bits per heavy atom. The lowest BCUT2D eigenvalue weighted by Crippen LogP contribution is -2.30. The molecule has 600 valence electrons. The van der Waals surface area contributed by atoms with E-state index in [2.05, 4.69) is 48.5 Å². The summed E-state index contributed by atoms with van der Waals surface area (Å²) in [6.07, 6.45) is 61.4. The van der Waals surface area contributed by atoms with Crippen LogP contribution in [0.5, 0.6) is 0 Å². The Hall–Kier alpha value is -1.94. The summed E-state index contributed by atoms with van der Waals surface area (Å²) in [4.78, 5) is 72.9. The molecule has 6 atom stereocenters. The lowest BCUT2D eigenvalue weighted by Gasteiger charge is -2.21. The van der Waals surface area contributed by atoms with Crippen LogP contribution in [0.15, 0.2) is 0 Å². The maximum absolute atomic E-state index is 13.1. The summed E-state index contributed by atoms with van der Waals surface area (Å²) < 4.78 is 68.6. The van der Waals surface area contributed by atoms with Gasteiger partial charge in [-0.25, -0.2) is 9.13 Å². The Balaban J connectivity index is 5.17. The van der Waals surface area contributed by atoms with Crippen LogP contribution in [-0.4, -0.2) is 96.7 Å². The van der Waals surface area contributed by atoms with E-state index in [1.807, 2.05) is 0 Å². The number of aliphatic hydroxyl groups excluding tert-OH is 1. The first-order valence-electron chi connectivity index (χ1n) is 42.4. The van der Waals surface area contributed by atoms with E-state index in [0.717, 1.165) is 108 Å². The van der Waals surface area contributed by atoms with Gasteiger partial charge in [-0.2, -0.15) is 0 Å². The Bertz CT molecular complexity index is 1960. The van der Waals surface area contributed by atoms with Crippen molar-refractivity contribution in [2.75, 3.05) is 39.6 Å². The van der Waals surface area contributed by atoms with Crippen molar-refractivity contribution in [3.8, 4) is 0 Å². The molecule has 0 aromatic heterocycles. The van der Waals surface area contributed by atoms with E-state index >= 15 is 0 Å². The second kappa shape index (κ2) is 72.3. The quantitative estimate of drug-likeness (QED) is 0.0222. The second-order valence-electron chi connectivity index (χ2n) is 30.7. The minimum absolute atomic E-state index is 0.103. The third-order valence-corrected chi connectivity index (χ3v) is 21.4. The van der Waals surface area contributed by atoms with E-state index in [1.54, 1.807) is 0 Å². The van der Waals surface area contributed by atoms with Crippen LogP contribution in [0, 0.1) is 17.8 Å². The molecule has 0 saturated carbocycles. The monoisotopic (exact) mass is 1480 g/mol. The van der Waals surface area contributed by atoms with Gasteiger partial charge in [-0.1, -0.05) is 376 Å². The predicted octanol–water partition coefficient (Wildman–Crippen LogP) is 24.5. The molecule has 0 rings (SSSR count). The van der Waals surface area contributed by atoms with E-state index in [0.29, 0.717) is 25.7 Å². The van der Waals surface area contributed by atoms with E-state index in [4.69, 9.17) is 37.0 Å². The highest BCUT2D eigenvalue weighted by Crippen LogP contribution is 2.45. The number of phosphoric acid groups is 2. The number of phosphoric ester groups is 2. The van der Waals surface area contributed by atoms with Crippen LogP contribution in [0.2, 0.25) is 0 Å². The van der Waals surface area contributed by atoms with Gasteiger partial charge in [0.2, 0.25) is 0 Å². The topological polar surface area (TPSA) is 237 Å².